The van der Waals surface area contributed by atoms with Gasteiger partial charge in [-0.1, -0.05) is 29.3 Å². The first kappa shape index (κ1) is 23.3. The van der Waals surface area contributed by atoms with E-state index in [1.54, 1.807) is 12.3 Å². The van der Waals surface area contributed by atoms with Crippen LogP contribution in [0, 0.1) is 5.92 Å². The quantitative estimate of drug-likeness (QED) is 0.294. The lowest BCUT2D eigenvalue weighted by atomic mass is 10.1. The molecule has 1 aromatic heterocycles. The number of nitrogens with one attached hydrogen (secondary N) is 2. The predicted molar refractivity (Wildman–Crippen MR) is 125 cm³/mol. The summed E-state index contributed by atoms with van der Waals surface area (Å²) in [7, 11) is 0. The van der Waals surface area contributed by atoms with Gasteiger partial charge in [0.1, 0.15) is 5.76 Å². The molecule has 8 heteroatoms. The van der Waals surface area contributed by atoms with Crippen molar-refractivity contribution in [2.24, 2.45) is 10.9 Å². The van der Waals surface area contributed by atoms with Gasteiger partial charge in [-0.2, -0.15) is 0 Å². The smallest absolute Gasteiger partial charge is 0.191 e. The Balaban J connectivity index is 0.00000280. The zero-order valence-electron chi connectivity index (χ0n) is 15.8. The molecule has 0 radical (unpaired) electrons. The van der Waals surface area contributed by atoms with Crippen LogP contribution in [0.1, 0.15) is 30.7 Å². The predicted octanol–water partition coefficient (Wildman–Crippen LogP) is 5.08. The molecule has 1 aliphatic heterocycles. The van der Waals surface area contributed by atoms with Crippen LogP contribution in [0.15, 0.2) is 46.0 Å². The highest BCUT2D eigenvalue weighted by atomic mass is 127. The van der Waals surface area contributed by atoms with Crippen LogP contribution in [0.2, 0.25) is 10.0 Å². The largest absolute Gasteiger partial charge is 0.469 e. The van der Waals surface area contributed by atoms with Gasteiger partial charge in [0.05, 0.1) is 18.9 Å². The highest BCUT2D eigenvalue weighted by molar-refractivity contribution is 14.0. The molecule has 1 fully saturated rings. The van der Waals surface area contributed by atoms with E-state index in [4.69, 9.17) is 37.3 Å². The number of furan rings is 1. The Labute approximate surface area is 193 Å². The monoisotopic (exact) mass is 537 g/mol. The molecule has 0 bridgehead atoms. The van der Waals surface area contributed by atoms with Crippen molar-refractivity contribution in [3.8, 4) is 0 Å². The van der Waals surface area contributed by atoms with Crippen LogP contribution < -0.4 is 10.6 Å². The van der Waals surface area contributed by atoms with Gasteiger partial charge in [-0.3, -0.25) is 4.99 Å². The molecule has 2 N–H and O–H groups in total. The molecule has 1 aliphatic rings. The van der Waals surface area contributed by atoms with Crippen molar-refractivity contribution in [3.05, 3.63) is 58.0 Å². The van der Waals surface area contributed by atoms with E-state index in [1.807, 2.05) is 24.3 Å². The molecule has 154 valence electrons. The van der Waals surface area contributed by atoms with E-state index in [2.05, 4.69) is 17.6 Å². The summed E-state index contributed by atoms with van der Waals surface area (Å²) in [4.78, 5) is 4.75. The third kappa shape index (κ3) is 7.13. The minimum atomic E-state index is -0.00976. The Kier molecular flexibility index (Phi) is 9.91. The number of ether oxygens (including phenoxy) is 1. The van der Waals surface area contributed by atoms with Crippen molar-refractivity contribution in [1.82, 2.24) is 10.6 Å². The fraction of sp³-hybridized carbons (Fsp3) is 0.450. The number of halogens is 3. The summed E-state index contributed by atoms with van der Waals surface area (Å²) < 4.78 is 10.8. The molecule has 2 unspecified atom stereocenters. The lowest BCUT2D eigenvalue weighted by Crippen LogP contribution is -2.40. The first-order valence-corrected chi connectivity index (χ1v) is 9.97. The van der Waals surface area contributed by atoms with Crippen molar-refractivity contribution in [3.63, 3.8) is 0 Å². The van der Waals surface area contributed by atoms with Crippen molar-refractivity contribution in [1.29, 1.82) is 0 Å². The molecule has 0 amide bonds. The molecule has 5 nitrogen and oxygen atoms in total. The SMILES string of the molecule is CC(NC(=NCC1CCOC1)NCCc1ccco1)c1ccc(Cl)cc1Cl.I. The topological polar surface area (TPSA) is 58.8 Å². The normalized spacial score (nSPS) is 17.8. The molecule has 1 aromatic carbocycles. The second-order valence-electron chi connectivity index (χ2n) is 6.71. The average molecular weight is 538 g/mol. The number of nitrogens with zero attached hydrogens (tertiary/aromatic N) is 1. The zero-order valence-corrected chi connectivity index (χ0v) is 19.6. The molecule has 2 aromatic rings. The van der Waals surface area contributed by atoms with Crippen LogP contribution in [0.4, 0.5) is 0 Å². The number of rotatable bonds is 7. The molecule has 0 aliphatic carbocycles. The van der Waals surface area contributed by atoms with E-state index in [1.165, 1.54) is 0 Å². The van der Waals surface area contributed by atoms with Gasteiger partial charge in [0.15, 0.2) is 5.96 Å². The molecule has 0 saturated carbocycles. The molecule has 2 heterocycles. The van der Waals surface area contributed by atoms with Crippen LogP contribution in [-0.4, -0.2) is 32.3 Å². The first-order chi connectivity index (χ1) is 13.1. The van der Waals surface area contributed by atoms with Gasteiger partial charge in [0, 0.05) is 42.1 Å². The van der Waals surface area contributed by atoms with E-state index in [9.17, 15) is 0 Å². The fourth-order valence-electron chi connectivity index (χ4n) is 2.99. The zero-order chi connectivity index (χ0) is 19.1. The molecule has 28 heavy (non-hydrogen) atoms. The van der Waals surface area contributed by atoms with E-state index < -0.39 is 0 Å². The van der Waals surface area contributed by atoms with Gasteiger partial charge in [-0.15, -0.1) is 24.0 Å². The van der Waals surface area contributed by atoms with E-state index in [-0.39, 0.29) is 30.0 Å². The average Bonchev–Trinajstić information content (AvgIpc) is 3.33. The summed E-state index contributed by atoms with van der Waals surface area (Å²) >= 11 is 12.4. The van der Waals surface area contributed by atoms with Gasteiger partial charge in [0.25, 0.3) is 0 Å². The van der Waals surface area contributed by atoms with Crippen molar-refractivity contribution >= 4 is 53.1 Å². The summed E-state index contributed by atoms with van der Waals surface area (Å²) in [6.45, 7) is 5.11. The minimum Gasteiger partial charge on any atom is -0.469 e. The van der Waals surface area contributed by atoms with Gasteiger partial charge in [0.2, 0.25) is 0 Å². The van der Waals surface area contributed by atoms with Gasteiger partial charge in [-0.05, 0) is 43.2 Å². The van der Waals surface area contributed by atoms with Crippen molar-refractivity contribution in [2.75, 3.05) is 26.3 Å². The second-order valence-corrected chi connectivity index (χ2v) is 7.55. The van der Waals surface area contributed by atoms with E-state index in [0.29, 0.717) is 16.0 Å². The third-order valence-corrected chi connectivity index (χ3v) is 5.12. The summed E-state index contributed by atoms with van der Waals surface area (Å²) in [5, 5.41) is 8.09. The minimum absolute atomic E-state index is 0. The Morgan fingerprint density at radius 1 is 1.32 bits per heavy atom. The van der Waals surface area contributed by atoms with Crippen LogP contribution in [0.5, 0.6) is 0 Å². The second kappa shape index (κ2) is 11.9. The lowest BCUT2D eigenvalue weighted by Gasteiger charge is -2.20. The van der Waals surface area contributed by atoms with Crippen LogP contribution in [0.3, 0.4) is 0 Å². The Morgan fingerprint density at radius 2 is 2.18 bits per heavy atom. The maximum Gasteiger partial charge on any atom is 0.191 e. The molecule has 2 atom stereocenters. The number of hydrogen-bond acceptors (Lipinski definition) is 3. The Hall–Kier alpha value is -0.960. The van der Waals surface area contributed by atoms with Crippen LogP contribution in [-0.2, 0) is 11.2 Å². The van der Waals surface area contributed by atoms with Crippen LogP contribution >= 0.6 is 47.2 Å². The molecule has 1 saturated heterocycles. The summed E-state index contributed by atoms with van der Waals surface area (Å²) in [6, 6.07) is 9.40. The van der Waals surface area contributed by atoms with Crippen molar-refractivity contribution in [2.45, 2.75) is 25.8 Å². The van der Waals surface area contributed by atoms with Gasteiger partial charge in [-0.25, -0.2) is 0 Å². The Morgan fingerprint density at radius 3 is 2.86 bits per heavy atom. The summed E-state index contributed by atoms with van der Waals surface area (Å²) in [6.07, 6.45) is 3.53. The fourth-order valence-corrected chi connectivity index (χ4v) is 3.57. The van der Waals surface area contributed by atoms with E-state index in [0.717, 1.165) is 56.4 Å². The Bertz CT molecular complexity index is 750. The summed E-state index contributed by atoms with van der Waals surface area (Å²) in [5.74, 6) is 2.18. The third-order valence-electron chi connectivity index (χ3n) is 4.56. The van der Waals surface area contributed by atoms with E-state index >= 15 is 0 Å². The van der Waals surface area contributed by atoms with Crippen LogP contribution in [0.25, 0.3) is 0 Å². The highest BCUT2D eigenvalue weighted by Crippen LogP contribution is 2.26. The highest BCUT2D eigenvalue weighted by Gasteiger charge is 2.16. The lowest BCUT2D eigenvalue weighted by molar-refractivity contribution is 0.187. The number of benzene rings is 1. The molecule has 3 rings (SSSR count). The van der Waals surface area contributed by atoms with Crippen molar-refractivity contribution < 1.29 is 9.15 Å². The van der Waals surface area contributed by atoms with Gasteiger partial charge >= 0.3 is 0 Å². The summed E-state index contributed by atoms with van der Waals surface area (Å²) in [5.41, 5.74) is 0.978. The molecule has 0 spiro atoms. The number of hydrogen-bond donors (Lipinski definition) is 2. The molecular formula is C20H26Cl2IN3O2. The maximum absolute atomic E-state index is 6.35. The number of guanidine groups is 1. The standard InChI is InChI=1S/C20H25Cl2N3O2.HI/c1-14(18-5-4-16(21)11-19(18)22)25-20(24-12-15-7-10-26-13-15)23-8-6-17-3-2-9-27-17;/h2-5,9,11,14-15H,6-8,10,12-13H2,1H3,(H2,23,24,25);1H. The molecular weight excluding hydrogens is 512 g/mol. The maximum atomic E-state index is 6.35. The number of aliphatic imine (C=N–C) groups is 1. The first-order valence-electron chi connectivity index (χ1n) is 9.21. The van der Waals surface area contributed by atoms with Gasteiger partial charge < -0.3 is 19.8 Å².